The molecule has 0 saturated carbocycles. The Morgan fingerprint density at radius 1 is 1.03 bits per heavy atom. The number of aliphatic hydroxyl groups excluding tert-OH is 1. The van der Waals surface area contributed by atoms with E-state index in [0.717, 1.165) is 44.5 Å². The number of nitrogens with zero attached hydrogens (tertiary/aromatic N) is 1. The molecule has 2 aromatic rings. The summed E-state index contributed by atoms with van der Waals surface area (Å²) in [6.45, 7) is 1.09. The molecule has 3 atom stereocenters. The molecule has 190 valence electrons. The number of nitrogens with one attached hydrogen (secondary N) is 1. The first kappa shape index (κ1) is 25.8. The summed E-state index contributed by atoms with van der Waals surface area (Å²) in [5.41, 5.74) is 1.33. The Morgan fingerprint density at radius 2 is 1.71 bits per heavy atom. The van der Waals surface area contributed by atoms with Crippen molar-refractivity contribution in [2.24, 2.45) is 5.92 Å². The lowest BCUT2D eigenvalue weighted by Gasteiger charge is -2.37. The van der Waals surface area contributed by atoms with E-state index >= 15 is 0 Å². The van der Waals surface area contributed by atoms with Crippen LogP contribution in [0.2, 0.25) is 0 Å². The maximum absolute atomic E-state index is 13.1. The molecule has 0 bridgehead atoms. The summed E-state index contributed by atoms with van der Waals surface area (Å²) in [5, 5.41) is 9.81. The van der Waals surface area contributed by atoms with Crippen molar-refractivity contribution >= 4 is 15.9 Å². The van der Waals surface area contributed by atoms with Gasteiger partial charge in [0.1, 0.15) is 5.82 Å². The Hall–Kier alpha value is -2.33. The average Bonchev–Trinajstić information content (AvgIpc) is 2.86. The van der Waals surface area contributed by atoms with Gasteiger partial charge in [0.05, 0.1) is 36.2 Å². The molecule has 2 aromatic carbocycles. The van der Waals surface area contributed by atoms with Crippen LogP contribution in [0.15, 0.2) is 59.5 Å². The average molecular weight is 505 g/mol. The number of hydrogen-bond acceptors (Lipinski definition) is 5. The Labute approximate surface area is 206 Å². The van der Waals surface area contributed by atoms with Gasteiger partial charge in [0.25, 0.3) is 0 Å². The normalized spacial score (nSPS) is 23.8. The van der Waals surface area contributed by atoms with E-state index in [1.807, 2.05) is 11.0 Å². The first-order valence-corrected chi connectivity index (χ1v) is 13.7. The molecule has 0 spiro atoms. The van der Waals surface area contributed by atoms with Gasteiger partial charge in [-0.2, -0.15) is 0 Å². The van der Waals surface area contributed by atoms with Crippen LogP contribution in [0.5, 0.6) is 0 Å². The Balaban J connectivity index is 1.25. The predicted octanol–water partition coefficient (Wildman–Crippen LogP) is 2.88. The lowest BCUT2D eigenvalue weighted by atomic mass is 9.90. The van der Waals surface area contributed by atoms with Gasteiger partial charge in [-0.1, -0.05) is 30.3 Å². The lowest BCUT2D eigenvalue weighted by Crippen LogP contribution is -2.51. The third kappa shape index (κ3) is 6.88. The SMILES string of the molecule is O=C(C[C@H]1CC[C@H](NS(=O)(=O)c2ccc(F)cc2)[C@@H](CO)O1)N1CCC(Cc2ccccc2)CC1. The van der Waals surface area contributed by atoms with Gasteiger partial charge in [0.15, 0.2) is 0 Å². The first-order chi connectivity index (χ1) is 16.8. The molecule has 2 aliphatic rings. The minimum absolute atomic E-state index is 0.0372. The molecular weight excluding hydrogens is 471 g/mol. The summed E-state index contributed by atoms with van der Waals surface area (Å²) >= 11 is 0. The van der Waals surface area contributed by atoms with E-state index in [1.165, 1.54) is 17.7 Å². The second kappa shape index (κ2) is 11.6. The number of hydrogen-bond donors (Lipinski definition) is 2. The topological polar surface area (TPSA) is 95.9 Å². The smallest absolute Gasteiger partial charge is 0.240 e. The number of likely N-dealkylation sites (tertiary alicyclic amines) is 1. The van der Waals surface area contributed by atoms with Crippen LogP contribution >= 0.6 is 0 Å². The second-order valence-corrected chi connectivity index (χ2v) is 11.2. The molecule has 2 fully saturated rings. The number of carbonyl (C=O) groups is 1. The Bertz CT molecular complexity index is 1070. The van der Waals surface area contributed by atoms with E-state index in [0.29, 0.717) is 18.8 Å². The maximum atomic E-state index is 13.1. The number of rotatable bonds is 8. The monoisotopic (exact) mass is 504 g/mol. The summed E-state index contributed by atoms with van der Waals surface area (Å²) in [4.78, 5) is 14.7. The molecule has 2 aliphatic heterocycles. The molecule has 2 heterocycles. The second-order valence-electron chi connectivity index (χ2n) is 9.46. The fourth-order valence-corrected chi connectivity index (χ4v) is 6.25. The van der Waals surface area contributed by atoms with Crippen molar-refractivity contribution in [2.45, 2.75) is 61.7 Å². The minimum Gasteiger partial charge on any atom is -0.394 e. The van der Waals surface area contributed by atoms with Crippen LogP contribution in [0.1, 0.15) is 37.7 Å². The fraction of sp³-hybridized carbons (Fsp3) is 0.500. The van der Waals surface area contributed by atoms with Crippen LogP contribution in [0.4, 0.5) is 4.39 Å². The summed E-state index contributed by atoms with van der Waals surface area (Å²) in [6, 6.07) is 14.3. The van der Waals surface area contributed by atoms with E-state index in [4.69, 9.17) is 4.74 Å². The van der Waals surface area contributed by atoms with Gasteiger partial charge in [-0.25, -0.2) is 17.5 Å². The maximum Gasteiger partial charge on any atom is 0.240 e. The van der Waals surface area contributed by atoms with Crippen molar-refractivity contribution < 1.29 is 27.4 Å². The number of benzene rings is 2. The molecule has 4 rings (SSSR count). The van der Waals surface area contributed by atoms with Gasteiger partial charge in [0, 0.05) is 13.1 Å². The number of piperidine rings is 1. The zero-order valence-electron chi connectivity index (χ0n) is 19.7. The Kier molecular flexibility index (Phi) is 8.54. The molecule has 0 aromatic heterocycles. The summed E-state index contributed by atoms with van der Waals surface area (Å²) in [6.07, 6.45) is 3.00. The molecule has 2 N–H and O–H groups in total. The quantitative estimate of drug-likeness (QED) is 0.577. The zero-order chi connectivity index (χ0) is 24.8. The van der Waals surface area contributed by atoms with Crippen molar-refractivity contribution in [2.75, 3.05) is 19.7 Å². The molecule has 35 heavy (non-hydrogen) atoms. The third-order valence-corrected chi connectivity index (χ3v) is 8.47. The standard InChI is InChI=1S/C26H33FN2O5S/c27-21-6-9-23(10-7-21)35(32,33)28-24-11-8-22(34-25(24)18-30)17-26(31)29-14-12-20(13-15-29)16-19-4-2-1-3-5-19/h1-7,9-10,20,22,24-25,28,30H,8,11-18H2/t22-,24+,25-/m1/s1. The molecule has 0 unspecified atom stereocenters. The van der Waals surface area contributed by atoms with Crippen molar-refractivity contribution in [3.05, 3.63) is 66.0 Å². The van der Waals surface area contributed by atoms with Crippen molar-refractivity contribution in [1.29, 1.82) is 0 Å². The molecule has 0 aliphatic carbocycles. The van der Waals surface area contributed by atoms with Gasteiger partial charge in [-0.3, -0.25) is 4.79 Å². The first-order valence-electron chi connectivity index (χ1n) is 12.2. The molecule has 0 radical (unpaired) electrons. The molecule has 9 heteroatoms. The number of aliphatic hydroxyl groups is 1. The Morgan fingerprint density at radius 3 is 2.37 bits per heavy atom. The summed E-state index contributed by atoms with van der Waals surface area (Å²) in [7, 11) is -3.89. The van der Waals surface area contributed by atoms with E-state index < -0.39 is 28.0 Å². The van der Waals surface area contributed by atoms with Crippen LogP contribution in [0.25, 0.3) is 0 Å². The van der Waals surface area contributed by atoms with Gasteiger partial charge in [-0.05, 0) is 67.9 Å². The highest BCUT2D eigenvalue weighted by atomic mass is 32.2. The van der Waals surface area contributed by atoms with Crippen LogP contribution in [0, 0.1) is 11.7 Å². The van der Waals surface area contributed by atoms with Gasteiger partial charge < -0.3 is 14.7 Å². The highest BCUT2D eigenvalue weighted by molar-refractivity contribution is 7.89. The summed E-state index contributed by atoms with van der Waals surface area (Å²) in [5.74, 6) is 0.0855. The number of halogens is 1. The summed E-state index contributed by atoms with van der Waals surface area (Å²) < 4.78 is 46.9. The minimum atomic E-state index is -3.89. The van der Waals surface area contributed by atoms with E-state index in [-0.39, 0.29) is 29.9 Å². The van der Waals surface area contributed by atoms with Crippen LogP contribution < -0.4 is 4.72 Å². The number of sulfonamides is 1. The number of amides is 1. The highest BCUT2D eigenvalue weighted by Gasteiger charge is 2.35. The fourth-order valence-electron chi connectivity index (χ4n) is 4.96. The molecular formula is C26H33FN2O5S. The third-order valence-electron chi connectivity index (χ3n) is 6.96. The molecule has 2 saturated heterocycles. The van der Waals surface area contributed by atoms with E-state index in [9.17, 15) is 22.7 Å². The highest BCUT2D eigenvalue weighted by Crippen LogP contribution is 2.26. The van der Waals surface area contributed by atoms with Crippen LogP contribution in [0.3, 0.4) is 0 Å². The van der Waals surface area contributed by atoms with Gasteiger partial charge in [-0.15, -0.1) is 0 Å². The molecule has 1 amide bonds. The number of carbonyl (C=O) groups excluding carboxylic acids is 1. The van der Waals surface area contributed by atoms with Gasteiger partial charge in [0.2, 0.25) is 15.9 Å². The van der Waals surface area contributed by atoms with Crippen molar-refractivity contribution in [3.63, 3.8) is 0 Å². The van der Waals surface area contributed by atoms with Crippen LogP contribution in [-0.4, -0.2) is 62.3 Å². The zero-order valence-corrected chi connectivity index (χ0v) is 20.5. The van der Waals surface area contributed by atoms with Crippen LogP contribution in [-0.2, 0) is 26.0 Å². The lowest BCUT2D eigenvalue weighted by molar-refractivity contribution is -0.141. The molecule has 7 nitrogen and oxygen atoms in total. The van der Waals surface area contributed by atoms with E-state index in [2.05, 4.69) is 29.0 Å². The predicted molar refractivity (Wildman–Crippen MR) is 130 cm³/mol. The van der Waals surface area contributed by atoms with E-state index in [1.54, 1.807) is 0 Å². The number of ether oxygens (including phenoxy) is 1. The van der Waals surface area contributed by atoms with Crippen molar-refractivity contribution in [3.8, 4) is 0 Å². The van der Waals surface area contributed by atoms with Gasteiger partial charge >= 0.3 is 0 Å². The largest absolute Gasteiger partial charge is 0.394 e. The van der Waals surface area contributed by atoms with Crippen molar-refractivity contribution in [1.82, 2.24) is 9.62 Å².